The van der Waals surface area contributed by atoms with Gasteiger partial charge in [-0.2, -0.15) is 0 Å². The summed E-state index contributed by atoms with van der Waals surface area (Å²) < 4.78 is 15.5. The lowest BCUT2D eigenvalue weighted by Crippen LogP contribution is -2.51. The molecule has 0 saturated carbocycles. The molecule has 2 aromatic rings. The van der Waals surface area contributed by atoms with Crippen LogP contribution in [0.4, 0.5) is 4.79 Å². The molecule has 0 unspecified atom stereocenters. The first-order chi connectivity index (χ1) is 15.0. The van der Waals surface area contributed by atoms with E-state index in [0.717, 1.165) is 11.8 Å². The number of carbonyl (C=O) groups is 3. The Morgan fingerprint density at radius 3 is 2.42 bits per heavy atom. The molecule has 0 N–H and O–H groups in total. The van der Waals surface area contributed by atoms with Gasteiger partial charge in [0.25, 0.3) is 11.1 Å². The minimum atomic E-state index is -0.574. The molecule has 0 radical (unpaired) electrons. The van der Waals surface area contributed by atoms with Gasteiger partial charge in [-0.05, 0) is 31.2 Å². The fourth-order valence-electron chi connectivity index (χ4n) is 2.73. The van der Waals surface area contributed by atoms with Crippen LogP contribution in [0.2, 0.25) is 5.02 Å². The number of piperazine rings is 1. The van der Waals surface area contributed by atoms with E-state index in [-0.39, 0.29) is 23.5 Å². The van der Waals surface area contributed by atoms with Gasteiger partial charge in [-0.1, -0.05) is 23.4 Å². The van der Waals surface area contributed by atoms with Gasteiger partial charge in [-0.15, -0.1) is 10.2 Å². The van der Waals surface area contributed by atoms with Crippen molar-refractivity contribution in [3.8, 4) is 11.5 Å². The second kappa shape index (κ2) is 11.0. The molecule has 1 aromatic carbocycles. The number of amides is 2. The van der Waals surface area contributed by atoms with Crippen LogP contribution in [0.15, 0.2) is 33.9 Å². The summed E-state index contributed by atoms with van der Waals surface area (Å²) in [5.41, 5.74) is 0.708. The highest BCUT2D eigenvalue weighted by Crippen LogP contribution is 2.24. The number of aromatic nitrogens is 2. The summed E-state index contributed by atoms with van der Waals surface area (Å²) in [7, 11) is 0. The predicted molar refractivity (Wildman–Crippen MR) is 112 cm³/mol. The Morgan fingerprint density at radius 1 is 1.06 bits per heavy atom. The van der Waals surface area contributed by atoms with Crippen LogP contribution in [0.3, 0.4) is 0 Å². The number of nitrogens with zero attached hydrogens (tertiary/aromatic N) is 4. The van der Waals surface area contributed by atoms with Crippen molar-refractivity contribution in [2.24, 2.45) is 0 Å². The highest BCUT2D eigenvalue weighted by atomic mass is 35.5. The van der Waals surface area contributed by atoms with Gasteiger partial charge >= 0.3 is 12.1 Å². The van der Waals surface area contributed by atoms with Crippen molar-refractivity contribution in [2.45, 2.75) is 12.1 Å². The molecule has 3 rings (SSSR count). The Kier molecular flexibility index (Phi) is 8.13. The molecular formula is C19H21ClN4O6S. The molecule has 0 spiro atoms. The number of hydrogen-bond donors (Lipinski definition) is 0. The topological polar surface area (TPSA) is 115 Å². The number of benzene rings is 1. The van der Waals surface area contributed by atoms with E-state index in [1.165, 1.54) is 0 Å². The number of halogens is 1. The van der Waals surface area contributed by atoms with Gasteiger partial charge in [0.05, 0.1) is 6.61 Å². The van der Waals surface area contributed by atoms with Gasteiger partial charge in [-0.3, -0.25) is 9.59 Å². The molecule has 166 valence electrons. The molecule has 2 heterocycles. The van der Waals surface area contributed by atoms with Crippen molar-refractivity contribution in [1.29, 1.82) is 0 Å². The molecule has 31 heavy (non-hydrogen) atoms. The van der Waals surface area contributed by atoms with E-state index < -0.39 is 12.1 Å². The van der Waals surface area contributed by atoms with Gasteiger partial charge in [0.1, 0.15) is 5.75 Å². The fraction of sp³-hybridized carbons (Fsp3) is 0.421. The summed E-state index contributed by atoms with van der Waals surface area (Å²) in [5.74, 6) is -0.657. The van der Waals surface area contributed by atoms with E-state index in [1.54, 1.807) is 41.0 Å². The summed E-state index contributed by atoms with van der Waals surface area (Å²) in [4.78, 5) is 38.9. The zero-order valence-corrected chi connectivity index (χ0v) is 18.4. The summed E-state index contributed by atoms with van der Waals surface area (Å²) in [6, 6.07) is 6.91. The summed E-state index contributed by atoms with van der Waals surface area (Å²) >= 11 is 6.87. The molecule has 0 aliphatic carbocycles. The van der Waals surface area contributed by atoms with Crippen LogP contribution in [0.5, 0.6) is 0 Å². The van der Waals surface area contributed by atoms with Gasteiger partial charge < -0.3 is 23.7 Å². The Balaban J connectivity index is 1.37. The number of hydrogen-bond acceptors (Lipinski definition) is 9. The highest BCUT2D eigenvalue weighted by Gasteiger charge is 2.25. The first-order valence-corrected chi connectivity index (χ1v) is 10.9. The van der Waals surface area contributed by atoms with Crippen LogP contribution in [-0.2, 0) is 19.1 Å². The molecule has 1 saturated heterocycles. The zero-order chi connectivity index (χ0) is 22.2. The van der Waals surface area contributed by atoms with E-state index in [9.17, 15) is 14.4 Å². The van der Waals surface area contributed by atoms with Crippen LogP contribution in [0.25, 0.3) is 11.5 Å². The van der Waals surface area contributed by atoms with Crippen LogP contribution in [0.1, 0.15) is 6.92 Å². The predicted octanol–water partition coefficient (Wildman–Crippen LogP) is 2.33. The van der Waals surface area contributed by atoms with E-state index in [2.05, 4.69) is 10.2 Å². The Hall–Kier alpha value is -2.79. The third-order valence-corrected chi connectivity index (χ3v) is 5.37. The van der Waals surface area contributed by atoms with Crippen molar-refractivity contribution < 1.29 is 28.3 Å². The maximum Gasteiger partial charge on any atom is 0.409 e. The number of thioether (sulfide) groups is 1. The van der Waals surface area contributed by atoms with E-state index in [4.69, 9.17) is 25.5 Å². The Labute approximate surface area is 187 Å². The highest BCUT2D eigenvalue weighted by molar-refractivity contribution is 7.99. The number of carbonyl (C=O) groups excluding carboxylic acids is 3. The van der Waals surface area contributed by atoms with Gasteiger partial charge in [0.2, 0.25) is 5.89 Å². The number of rotatable bonds is 7. The molecule has 0 atom stereocenters. The quantitative estimate of drug-likeness (QED) is 0.445. The van der Waals surface area contributed by atoms with E-state index >= 15 is 0 Å². The fourth-order valence-corrected chi connectivity index (χ4v) is 3.41. The molecule has 1 aliphatic rings. The molecule has 1 aliphatic heterocycles. The minimum Gasteiger partial charge on any atom is -0.455 e. The van der Waals surface area contributed by atoms with Crippen LogP contribution >= 0.6 is 23.4 Å². The van der Waals surface area contributed by atoms with Gasteiger partial charge in [0.15, 0.2) is 6.61 Å². The summed E-state index contributed by atoms with van der Waals surface area (Å²) in [6.07, 6.45) is -0.390. The Morgan fingerprint density at radius 2 is 1.74 bits per heavy atom. The largest absolute Gasteiger partial charge is 0.455 e. The third-order valence-electron chi connectivity index (χ3n) is 4.33. The van der Waals surface area contributed by atoms with Crippen molar-refractivity contribution in [3.05, 3.63) is 29.3 Å². The lowest BCUT2D eigenvalue weighted by atomic mass is 10.2. The molecule has 10 nitrogen and oxygen atoms in total. The number of ether oxygens (including phenoxy) is 2. The molecule has 2 amide bonds. The monoisotopic (exact) mass is 468 g/mol. The van der Waals surface area contributed by atoms with Crippen LogP contribution in [-0.4, -0.2) is 83.1 Å². The Bertz CT molecular complexity index is 914. The van der Waals surface area contributed by atoms with Gasteiger partial charge in [0, 0.05) is 36.8 Å². The number of esters is 1. The lowest BCUT2D eigenvalue weighted by Gasteiger charge is -2.33. The average Bonchev–Trinajstić information content (AvgIpc) is 3.26. The maximum atomic E-state index is 12.2. The SMILES string of the molecule is CCOC(=O)N1CCN(C(=O)COC(=O)CSc2nnc(-c3ccc(Cl)cc3)o2)CC1. The van der Waals surface area contributed by atoms with Crippen LogP contribution < -0.4 is 0 Å². The summed E-state index contributed by atoms with van der Waals surface area (Å²) in [6.45, 7) is 3.15. The minimum absolute atomic E-state index is 0.0772. The molecule has 0 bridgehead atoms. The van der Waals surface area contributed by atoms with Crippen molar-refractivity contribution in [2.75, 3.05) is 45.1 Å². The standard InChI is InChI=1S/C19H21ClN4O6S/c1-2-28-19(27)24-9-7-23(8-10-24)15(25)11-29-16(26)12-31-18-22-21-17(30-18)13-3-5-14(20)6-4-13/h3-6H,2,7-12H2,1H3. The van der Waals surface area contributed by atoms with Crippen molar-refractivity contribution in [1.82, 2.24) is 20.0 Å². The molecule has 1 fully saturated rings. The molecular weight excluding hydrogens is 448 g/mol. The van der Waals surface area contributed by atoms with Crippen molar-refractivity contribution >= 4 is 41.3 Å². The second-order valence-corrected chi connectivity index (χ2v) is 7.76. The second-order valence-electron chi connectivity index (χ2n) is 6.40. The first-order valence-electron chi connectivity index (χ1n) is 9.53. The van der Waals surface area contributed by atoms with Crippen molar-refractivity contribution in [3.63, 3.8) is 0 Å². The normalized spacial score (nSPS) is 13.7. The third kappa shape index (κ3) is 6.59. The van der Waals surface area contributed by atoms with Gasteiger partial charge in [-0.25, -0.2) is 4.79 Å². The smallest absolute Gasteiger partial charge is 0.409 e. The zero-order valence-electron chi connectivity index (χ0n) is 16.8. The van der Waals surface area contributed by atoms with Crippen LogP contribution in [0, 0.1) is 0 Å². The molecule has 12 heteroatoms. The summed E-state index contributed by atoms with van der Waals surface area (Å²) in [5, 5.41) is 8.61. The maximum absolute atomic E-state index is 12.2. The van der Waals surface area contributed by atoms with E-state index in [0.29, 0.717) is 49.3 Å². The average molecular weight is 469 g/mol. The first kappa shape index (κ1) is 22.9. The van der Waals surface area contributed by atoms with E-state index in [1.807, 2.05) is 0 Å². The lowest BCUT2D eigenvalue weighted by molar-refractivity contribution is -0.150. The molecule has 1 aromatic heterocycles.